The van der Waals surface area contributed by atoms with Gasteiger partial charge in [-0.2, -0.15) is 0 Å². The van der Waals surface area contributed by atoms with Gasteiger partial charge in [0.25, 0.3) is 0 Å². The van der Waals surface area contributed by atoms with Crippen molar-refractivity contribution in [2.24, 2.45) is 4.99 Å². The van der Waals surface area contributed by atoms with Crippen molar-refractivity contribution in [2.75, 3.05) is 0 Å². The fraction of sp³-hybridized carbons (Fsp3) is 0.133. The minimum Gasteiger partial charge on any atom is -0.296 e. The van der Waals surface area contributed by atoms with Crippen LogP contribution in [0.4, 0.5) is 5.69 Å². The molecular formula is C15H14N2O. The molecule has 1 aromatic carbocycles. The number of aldehydes is 1. The number of carbonyl (C=O) groups is 1. The van der Waals surface area contributed by atoms with Crippen LogP contribution in [-0.2, 0) is 0 Å². The summed E-state index contributed by atoms with van der Waals surface area (Å²) >= 11 is 0. The largest absolute Gasteiger partial charge is 0.296 e. The fourth-order valence-corrected chi connectivity index (χ4v) is 1.75. The molecule has 0 unspecified atom stereocenters. The van der Waals surface area contributed by atoms with Gasteiger partial charge in [-0.05, 0) is 37.1 Å². The van der Waals surface area contributed by atoms with Gasteiger partial charge in [-0.3, -0.25) is 9.79 Å². The van der Waals surface area contributed by atoms with Gasteiger partial charge in [0, 0.05) is 0 Å². The number of aryl methyl sites for hydroxylation is 2. The Kier molecular flexibility index (Phi) is 3.63. The van der Waals surface area contributed by atoms with Crippen LogP contribution in [0.25, 0.3) is 0 Å². The summed E-state index contributed by atoms with van der Waals surface area (Å²) in [4.78, 5) is 19.2. The maximum Gasteiger partial charge on any atom is 0.168 e. The second-order valence-electron chi connectivity index (χ2n) is 4.10. The van der Waals surface area contributed by atoms with E-state index in [1.807, 2.05) is 38.1 Å². The van der Waals surface area contributed by atoms with Crippen LogP contribution in [0.15, 0.2) is 41.4 Å². The number of aliphatic imine (C=N–C) groups is 1. The van der Waals surface area contributed by atoms with Crippen molar-refractivity contribution >= 4 is 18.2 Å². The minimum absolute atomic E-state index is 0.417. The lowest BCUT2D eigenvalue weighted by Gasteiger charge is -2.03. The minimum atomic E-state index is 0.417. The molecule has 3 nitrogen and oxygen atoms in total. The Morgan fingerprint density at radius 3 is 2.28 bits per heavy atom. The van der Waals surface area contributed by atoms with E-state index in [4.69, 9.17) is 0 Å². The number of aromatic nitrogens is 1. The third-order valence-corrected chi connectivity index (χ3v) is 2.68. The molecule has 3 heteroatoms. The number of benzene rings is 1. The maximum absolute atomic E-state index is 10.6. The smallest absolute Gasteiger partial charge is 0.168 e. The molecule has 0 radical (unpaired) electrons. The third kappa shape index (κ3) is 2.69. The van der Waals surface area contributed by atoms with Crippen LogP contribution < -0.4 is 0 Å². The Morgan fingerprint density at radius 2 is 1.61 bits per heavy atom. The monoisotopic (exact) mass is 238 g/mol. The topological polar surface area (TPSA) is 42.3 Å². The zero-order valence-corrected chi connectivity index (χ0v) is 10.4. The molecular weight excluding hydrogens is 224 g/mol. The number of hydrogen-bond donors (Lipinski definition) is 0. The quantitative estimate of drug-likeness (QED) is 0.608. The highest BCUT2D eigenvalue weighted by atomic mass is 16.1. The van der Waals surface area contributed by atoms with Crippen molar-refractivity contribution in [3.8, 4) is 0 Å². The SMILES string of the molecule is Cc1cccc(C)c1/N=C/c1cccc(C=O)n1. The lowest BCUT2D eigenvalue weighted by atomic mass is 10.1. The Hall–Kier alpha value is -2.29. The number of pyridine rings is 1. The van der Waals surface area contributed by atoms with Crippen LogP contribution >= 0.6 is 0 Å². The van der Waals surface area contributed by atoms with E-state index in [1.54, 1.807) is 18.3 Å². The normalized spacial score (nSPS) is 10.8. The molecule has 1 heterocycles. The van der Waals surface area contributed by atoms with Gasteiger partial charge >= 0.3 is 0 Å². The van der Waals surface area contributed by atoms with Crippen molar-refractivity contribution < 1.29 is 4.79 Å². The molecule has 0 N–H and O–H groups in total. The van der Waals surface area contributed by atoms with Crippen LogP contribution in [0.2, 0.25) is 0 Å². The van der Waals surface area contributed by atoms with Gasteiger partial charge in [-0.15, -0.1) is 0 Å². The molecule has 0 aliphatic carbocycles. The predicted molar refractivity (Wildman–Crippen MR) is 72.8 cm³/mol. The summed E-state index contributed by atoms with van der Waals surface area (Å²) in [5, 5.41) is 0. The van der Waals surface area contributed by atoms with Crippen molar-refractivity contribution in [1.29, 1.82) is 0 Å². The van der Waals surface area contributed by atoms with Gasteiger partial charge in [-0.1, -0.05) is 24.3 Å². The van der Waals surface area contributed by atoms with E-state index in [2.05, 4.69) is 9.98 Å². The molecule has 0 spiro atoms. The van der Waals surface area contributed by atoms with Crippen LogP contribution in [0, 0.1) is 13.8 Å². The summed E-state index contributed by atoms with van der Waals surface area (Å²) in [5.41, 5.74) is 4.30. The summed E-state index contributed by atoms with van der Waals surface area (Å²) < 4.78 is 0. The number of carbonyl (C=O) groups excluding carboxylic acids is 1. The zero-order valence-electron chi connectivity index (χ0n) is 10.4. The van der Waals surface area contributed by atoms with E-state index in [-0.39, 0.29) is 0 Å². The molecule has 0 atom stereocenters. The van der Waals surface area contributed by atoms with Gasteiger partial charge in [0.2, 0.25) is 0 Å². The first kappa shape index (κ1) is 12.2. The molecule has 0 bridgehead atoms. The molecule has 0 aliphatic rings. The fourth-order valence-electron chi connectivity index (χ4n) is 1.75. The second kappa shape index (κ2) is 5.36. The standard InChI is InChI=1S/C15H14N2O/c1-11-5-3-6-12(2)15(11)16-9-13-7-4-8-14(10-18)17-13/h3-10H,1-2H3/b16-9+. The molecule has 0 aliphatic heterocycles. The highest BCUT2D eigenvalue weighted by Crippen LogP contribution is 2.22. The molecule has 0 fully saturated rings. The second-order valence-corrected chi connectivity index (χ2v) is 4.10. The number of rotatable bonds is 3. The van der Waals surface area contributed by atoms with E-state index in [0.717, 1.165) is 23.1 Å². The summed E-state index contributed by atoms with van der Waals surface area (Å²) in [5.74, 6) is 0. The Balaban J connectivity index is 2.32. The molecule has 0 amide bonds. The van der Waals surface area contributed by atoms with Crippen LogP contribution in [0.3, 0.4) is 0 Å². The molecule has 90 valence electrons. The Morgan fingerprint density at radius 1 is 1.00 bits per heavy atom. The van der Waals surface area contributed by atoms with E-state index in [0.29, 0.717) is 11.4 Å². The predicted octanol–water partition coefficient (Wildman–Crippen LogP) is 3.26. The van der Waals surface area contributed by atoms with E-state index in [1.165, 1.54) is 0 Å². The summed E-state index contributed by atoms with van der Waals surface area (Å²) in [7, 11) is 0. The highest BCUT2D eigenvalue weighted by molar-refractivity contribution is 5.82. The van der Waals surface area contributed by atoms with Gasteiger partial charge in [-0.25, -0.2) is 4.98 Å². The molecule has 0 saturated carbocycles. The lowest BCUT2D eigenvalue weighted by Crippen LogP contribution is -1.92. The van der Waals surface area contributed by atoms with Crippen molar-refractivity contribution in [2.45, 2.75) is 13.8 Å². The first-order chi connectivity index (χ1) is 8.70. The molecule has 18 heavy (non-hydrogen) atoms. The number of nitrogens with zero attached hydrogens (tertiary/aromatic N) is 2. The molecule has 1 aromatic heterocycles. The zero-order chi connectivity index (χ0) is 13.0. The third-order valence-electron chi connectivity index (χ3n) is 2.68. The molecule has 0 saturated heterocycles. The Bertz CT molecular complexity index is 583. The average molecular weight is 238 g/mol. The summed E-state index contributed by atoms with van der Waals surface area (Å²) in [6, 6.07) is 11.3. The molecule has 2 rings (SSSR count). The van der Waals surface area contributed by atoms with Crippen molar-refractivity contribution in [3.05, 3.63) is 58.9 Å². The Labute approximate surface area is 106 Å². The van der Waals surface area contributed by atoms with Gasteiger partial charge < -0.3 is 0 Å². The van der Waals surface area contributed by atoms with Crippen LogP contribution in [-0.4, -0.2) is 17.5 Å². The van der Waals surface area contributed by atoms with Gasteiger partial charge in [0.1, 0.15) is 5.69 Å². The molecule has 2 aromatic rings. The van der Waals surface area contributed by atoms with E-state index < -0.39 is 0 Å². The highest BCUT2D eigenvalue weighted by Gasteiger charge is 1.99. The van der Waals surface area contributed by atoms with E-state index in [9.17, 15) is 4.79 Å². The first-order valence-corrected chi connectivity index (χ1v) is 5.73. The summed E-state index contributed by atoms with van der Waals surface area (Å²) in [6.45, 7) is 4.05. The average Bonchev–Trinajstić information content (AvgIpc) is 2.38. The van der Waals surface area contributed by atoms with Crippen molar-refractivity contribution in [3.63, 3.8) is 0 Å². The van der Waals surface area contributed by atoms with Gasteiger partial charge in [0.15, 0.2) is 6.29 Å². The van der Waals surface area contributed by atoms with Crippen LogP contribution in [0.1, 0.15) is 27.3 Å². The van der Waals surface area contributed by atoms with Crippen molar-refractivity contribution in [1.82, 2.24) is 4.98 Å². The van der Waals surface area contributed by atoms with E-state index >= 15 is 0 Å². The van der Waals surface area contributed by atoms with Crippen LogP contribution in [0.5, 0.6) is 0 Å². The summed E-state index contributed by atoms with van der Waals surface area (Å²) in [6.07, 6.45) is 2.42. The number of para-hydroxylation sites is 1. The first-order valence-electron chi connectivity index (χ1n) is 5.73. The lowest BCUT2D eigenvalue weighted by molar-refractivity contribution is 0.111. The number of hydrogen-bond acceptors (Lipinski definition) is 3. The van der Waals surface area contributed by atoms with Gasteiger partial charge in [0.05, 0.1) is 17.6 Å². The maximum atomic E-state index is 10.6.